The lowest BCUT2D eigenvalue weighted by atomic mass is 10.0. The Labute approximate surface area is 54.3 Å². The molecule has 0 unspecified atom stereocenters. The first-order chi connectivity index (χ1) is 4.22. The van der Waals surface area contributed by atoms with Crippen molar-refractivity contribution in [3.05, 3.63) is 24.3 Å². The minimum atomic E-state index is -0.0775. The molecule has 1 heterocycles. The first kappa shape index (κ1) is 6.08. The lowest BCUT2D eigenvalue weighted by molar-refractivity contribution is -0.117. The summed E-state index contributed by atoms with van der Waals surface area (Å²) in [6, 6.07) is 0. The molecule has 0 aromatic carbocycles. The number of amides is 1. The van der Waals surface area contributed by atoms with Gasteiger partial charge in [-0.25, -0.2) is 0 Å². The summed E-state index contributed by atoms with van der Waals surface area (Å²) in [7, 11) is 0. The van der Waals surface area contributed by atoms with Gasteiger partial charge in [-0.3, -0.25) is 4.79 Å². The summed E-state index contributed by atoms with van der Waals surface area (Å²) in [6.45, 7) is 7.95. The highest BCUT2D eigenvalue weighted by Crippen LogP contribution is 2.12. The normalized spacial score (nSPS) is 19.8. The Morgan fingerprint density at radius 3 is 2.56 bits per heavy atom. The number of carbonyl (C=O) groups excluding carboxylic acids is 1. The highest BCUT2D eigenvalue weighted by atomic mass is 16.1. The Bertz CT molecular complexity index is 163. The number of nitrogens with one attached hydrogen (secondary N) is 1. The SMILES string of the molecule is C=C1CCNC(=O)C1=C. The van der Waals surface area contributed by atoms with Crippen LogP contribution in [0.5, 0.6) is 0 Å². The van der Waals surface area contributed by atoms with E-state index in [4.69, 9.17) is 0 Å². The molecule has 1 aliphatic rings. The number of carbonyl (C=O) groups is 1. The number of rotatable bonds is 0. The molecule has 1 saturated heterocycles. The molecule has 0 spiro atoms. The maximum absolute atomic E-state index is 10.7. The van der Waals surface area contributed by atoms with Gasteiger partial charge in [-0.1, -0.05) is 13.2 Å². The molecule has 9 heavy (non-hydrogen) atoms. The summed E-state index contributed by atoms with van der Waals surface area (Å²) >= 11 is 0. The van der Waals surface area contributed by atoms with Crippen LogP contribution in [0.25, 0.3) is 0 Å². The van der Waals surface area contributed by atoms with Crippen molar-refractivity contribution in [3.63, 3.8) is 0 Å². The summed E-state index contributed by atoms with van der Waals surface area (Å²) in [5, 5.41) is 2.66. The summed E-state index contributed by atoms with van der Waals surface area (Å²) in [6.07, 6.45) is 0.838. The van der Waals surface area contributed by atoms with E-state index in [-0.39, 0.29) is 5.91 Å². The van der Waals surface area contributed by atoms with Gasteiger partial charge in [-0.2, -0.15) is 0 Å². The molecule has 1 rings (SSSR count). The molecule has 0 aromatic heterocycles. The third-order valence-electron chi connectivity index (χ3n) is 1.41. The van der Waals surface area contributed by atoms with Crippen LogP contribution in [-0.2, 0) is 4.79 Å². The van der Waals surface area contributed by atoms with Gasteiger partial charge in [0.05, 0.1) is 0 Å². The molecule has 2 nitrogen and oxygen atoms in total. The average Bonchev–Trinajstić information content (AvgIpc) is 1.83. The molecule has 1 N–H and O–H groups in total. The molecule has 0 bridgehead atoms. The molecule has 0 atom stereocenters. The van der Waals surface area contributed by atoms with Gasteiger partial charge >= 0.3 is 0 Å². The molecular weight excluding hydrogens is 114 g/mol. The quantitative estimate of drug-likeness (QED) is 0.470. The predicted molar refractivity (Wildman–Crippen MR) is 35.9 cm³/mol. The van der Waals surface area contributed by atoms with Crippen molar-refractivity contribution < 1.29 is 4.79 Å². The summed E-state index contributed by atoms with van der Waals surface area (Å²) < 4.78 is 0. The molecule has 48 valence electrons. The van der Waals surface area contributed by atoms with Crippen LogP contribution in [0.3, 0.4) is 0 Å². The Morgan fingerprint density at radius 2 is 2.11 bits per heavy atom. The molecular formula is C7H9NO. The van der Waals surface area contributed by atoms with E-state index in [1.807, 2.05) is 0 Å². The summed E-state index contributed by atoms with van der Waals surface area (Å²) in [4.78, 5) is 10.7. The lowest BCUT2D eigenvalue weighted by Gasteiger charge is -2.15. The van der Waals surface area contributed by atoms with Gasteiger partial charge in [0.1, 0.15) is 0 Å². The van der Waals surface area contributed by atoms with E-state index >= 15 is 0 Å². The molecule has 0 saturated carbocycles. The molecule has 0 radical (unpaired) electrons. The van der Waals surface area contributed by atoms with Gasteiger partial charge in [-0.05, 0) is 12.0 Å². The maximum atomic E-state index is 10.7. The lowest BCUT2D eigenvalue weighted by Crippen LogP contribution is -2.31. The third kappa shape index (κ3) is 1.02. The predicted octanol–water partition coefficient (Wildman–Crippen LogP) is 0.619. The fraction of sp³-hybridized carbons (Fsp3) is 0.286. The van der Waals surface area contributed by atoms with E-state index in [0.29, 0.717) is 12.1 Å². The summed E-state index contributed by atoms with van der Waals surface area (Å²) in [5.41, 5.74) is 1.39. The first-order valence-electron chi connectivity index (χ1n) is 2.87. The van der Waals surface area contributed by atoms with Gasteiger partial charge < -0.3 is 5.32 Å². The van der Waals surface area contributed by atoms with Crippen LogP contribution in [0.2, 0.25) is 0 Å². The van der Waals surface area contributed by atoms with Gasteiger partial charge in [0.15, 0.2) is 0 Å². The zero-order valence-corrected chi connectivity index (χ0v) is 5.24. The van der Waals surface area contributed by atoms with Crippen molar-refractivity contribution in [3.8, 4) is 0 Å². The summed E-state index contributed by atoms with van der Waals surface area (Å²) in [5.74, 6) is -0.0775. The fourth-order valence-electron chi connectivity index (χ4n) is 0.745. The topological polar surface area (TPSA) is 29.1 Å². The van der Waals surface area contributed by atoms with Crippen molar-refractivity contribution in [1.29, 1.82) is 0 Å². The van der Waals surface area contributed by atoms with Crippen LogP contribution in [-0.4, -0.2) is 12.5 Å². The number of hydrogen-bond acceptors (Lipinski definition) is 1. The van der Waals surface area contributed by atoms with Crippen LogP contribution in [0, 0.1) is 0 Å². The van der Waals surface area contributed by atoms with E-state index in [9.17, 15) is 4.79 Å². The second-order valence-electron chi connectivity index (χ2n) is 2.09. The van der Waals surface area contributed by atoms with Crippen LogP contribution < -0.4 is 5.32 Å². The van der Waals surface area contributed by atoms with Crippen molar-refractivity contribution in [2.75, 3.05) is 6.54 Å². The Kier molecular flexibility index (Phi) is 1.39. The number of piperidine rings is 1. The second-order valence-corrected chi connectivity index (χ2v) is 2.09. The van der Waals surface area contributed by atoms with Gasteiger partial charge in [0, 0.05) is 12.1 Å². The Balaban J connectivity index is 2.74. The first-order valence-corrected chi connectivity index (χ1v) is 2.87. The molecule has 1 amide bonds. The highest BCUT2D eigenvalue weighted by Gasteiger charge is 2.14. The smallest absolute Gasteiger partial charge is 0.250 e. The average molecular weight is 123 g/mol. The van der Waals surface area contributed by atoms with Gasteiger partial charge in [0.2, 0.25) is 0 Å². The number of hydrogen-bond donors (Lipinski definition) is 1. The molecule has 0 aliphatic carbocycles. The van der Waals surface area contributed by atoms with Crippen molar-refractivity contribution in [1.82, 2.24) is 5.32 Å². The van der Waals surface area contributed by atoms with Crippen molar-refractivity contribution >= 4 is 5.91 Å². The van der Waals surface area contributed by atoms with E-state index in [1.165, 1.54) is 0 Å². The zero-order valence-electron chi connectivity index (χ0n) is 5.24. The molecule has 1 aliphatic heterocycles. The minimum absolute atomic E-state index is 0.0775. The Morgan fingerprint density at radius 1 is 1.44 bits per heavy atom. The third-order valence-corrected chi connectivity index (χ3v) is 1.41. The van der Waals surface area contributed by atoms with Crippen molar-refractivity contribution in [2.45, 2.75) is 6.42 Å². The van der Waals surface area contributed by atoms with Crippen LogP contribution in [0.15, 0.2) is 24.3 Å². The van der Waals surface area contributed by atoms with Gasteiger partial charge in [-0.15, -0.1) is 0 Å². The molecule has 2 heteroatoms. The molecule has 0 aromatic rings. The largest absolute Gasteiger partial charge is 0.352 e. The zero-order chi connectivity index (χ0) is 6.85. The maximum Gasteiger partial charge on any atom is 0.250 e. The standard InChI is InChI=1S/C7H9NO/c1-5-3-4-8-7(9)6(5)2/h1-4H2,(H,8,9). The van der Waals surface area contributed by atoms with E-state index in [1.54, 1.807) is 0 Å². The minimum Gasteiger partial charge on any atom is -0.352 e. The van der Waals surface area contributed by atoms with E-state index in [2.05, 4.69) is 18.5 Å². The Hall–Kier alpha value is -1.05. The van der Waals surface area contributed by atoms with Crippen LogP contribution >= 0.6 is 0 Å². The van der Waals surface area contributed by atoms with Gasteiger partial charge in [0.25, 0.3) is 5.91 Å². The van der Waals surface area contributed by atoms with Crippen LogP contribution in [0.4, 0.5) is 0 Å². The monoisotopic (exact) mass is 123 g/mol. The molecule has 1 fully saturated rings. The fourth-order valence-corrected chi connectivity index (χ4v) is 0.745. The highest BCUT2D eigenvalue weighted by molar-refractivity contribution is 5.97. The van der Waals surface area contributed by atoms with E-state index in [0.717, 1.165) is 12.0 Å². The van der Waals surface area contributed by atoms with Crippen molar-refractivity contribution in [2.24, 2.45) is 0 Å². The van der Waals surface area contributed by atoms with E-state index < -0.39 is 0 Å². The second kappa shape index (κ2) is 2.05. The van der Waals surface area contributed by atoms with Crippen LogP contribution in [0.1, 0.15) is 6.42 Å².